The third kappa shape index (κ3) is 5.80. The highest BCUT2D eigenvalue weighted by atomic mass is 32.1. The largest absolute Gasteiger partial charge is 0.490 e. The summed E-state index contributed by atoms with van der Waals surface area (Å²) in [6, 6.07) is 18.7. The fourth-order valence-electron chi connectivity index (χ4n) is 3.34. The molecule has 0 fully saturated rings. The van der Waals surface area contributed by atoms with Gasteiger partial charge < -0.3 is 14.8 Å². The van der Waals surface area contributed by atoms with Crippen molar-refractivity contribution in [1.29, 1.82) is 0 Å². The predicted octanol–water partition coefficient (Wildman–Crippen LogP) is 6.70. The number of hydrogen-bond acceptors (Lipinski definition) is 6. The molecule has 0 saturated heterocycles. The number of nitrogens with one attached hydrogen (secondary N) is 1. The smallest absolute Gasteiger partial charge is 0.255 e. The molecule has 34 heavy (non-hydrogen) atoms. The van der Waals surface area contributed by atoms with Crippen molar-refractivity contribution in [3.63, 3.8) is 0 Å². The molecule has 0 saturated carbocycles. The molecule has 0 unspecified atom stereocenters. The Bertz CT molecular complexity index is 1240. The molecule has 2 aromatic carbocycles. The maximum atomic E-state index is 12.9. The summed E-state index contributed by atoms with van der Waals surface area (Å²) in [5.74, 6) is 1.01. The van der Waals surface area contributed by atoms with Crippen molar-refractivity contribution in [2.75, 3.05) is 18.5 Å². The van der Waals surface area contributed by atoms with Crippen LogP contribution in [-0.2, 0) is 0 Å². The maximum absolute atomic E-state index is 12.9. The molecule has 4 aromatic rings. The average Bonchev–Trinajstić information content (AvgIpc) is 3.36. The maximum Gasteiger partial charge on any atom is 0.255 e. The summed E-state index contributed by atoms with van der Waals surface area (Å²) < 4.78 is 11.5. The number of nitrogens with zero attached hydrogens (tertiary/aromatic N) is 2. The molecule has 2 aromatic heterocycles. The van der Waals surface area contributed by atoms with Crippen molar-refractivity contribution in [1.82, 2.24) is 9.97 Å². The van der Waals surface area contributed by atoms with Crippen LogP contribution in [0.5, 0.6) is 11.5 Å². The summed E-state index contributed by atoms with van der Waals surface area (Å²) in [7, 11) is 0. The number of benzene rings is 2. The molecule has 4 rings (SSSR count). The third-order valence-electron chi connectivity index (χ3n) is 5.07. The van der Waals surface area contributed by atoms with Gasteiger partial charge in [0, 0.05) is 28.4 Å². The first kappa shape index (κ1) is 23.4. The minimum atomic E-state index is -0.217. The van der Waals surface area contributed by atoms with E-state index in [-0.39, 0.29) is 5.91 Å². The summed E-state index contributed by atoms with van der Waals surface area (Å²) >= 11 is 1.54. The van der Waals surface area contributed by atoms with Crippen molar-refractivity contribution in [2.24, 2.45) is 0 Å². The molecule has 1 amide bonds. The van der Waals surface area contributed by atoms with Crippen LogP contribution in [0.4, 0.5) is 5.69 Å². The molecule has 2 heterocycles. The summed E-state index contributed by atoms with van der Waals surface area (Å²) in [5.41, 5.74) is 3.80. The first-order valence-electron chi connectivity index (χ1n) is 11.4. The van der Waals surface area contributed by atoms with Crippen LogP contribution in [0.25, 0.3) is 22.0 Å². The van der Waals surface area contributed by atoms with Gasteiger partial charge in [-0.1, -0.05) is 31.5 Å². The quantitative estimate of drug-likeness (QED) is 0.259. The number of aromatic nitrogens is 2. The Kier molecular flexibility index (Phi) is 7.88. The van der Waals surface area contributed by atoms with Gasteiger partial charge in [0.15, 0.2) is 11.5 Å². The van der Waals surface area contributed by atoms with E-state index < -0.39 is 0 Å². The molecule has 6 nitrogen and oxygen atoms in total. The number of carbonyl (C=O) groups is 1. The van der Waals surface area contributed by atoms with E-state index in [0.717, 1.165) is 34.8 Å². The van der Waals surface area contributed by atoms with E-state index in [0.29, 0.717) is 36.0 Å². The van der Waals surface area contributed by atoms with E-state index in [4.69, 9.17) is 14.5 Å². The predicted molar refractivity (Wildman–Crippen MR) is 137 cm³/mol. The van der Waals surface area contributed by atoms with Crippen LogP contribution in [0, 0.1) is 0 Å². The lowest BCUT2D eigenvalue weighted by Crippen LogP contribution is -2.12. The van der Waals surface area contributed by atoms with Crippen LogP contribution >= 0.6 is 11.3 Å². The summed E-state index contributed by atoms with van der Waals surface area (Å²) in [6.45, 7) is 5.13. The van der Waals surface area contributed by atoms with Gasteiger partial charge in [-0.3, -0.25) is 9.78 Å². The van der Waals surface area contributed by atoms with Gasteiger partial charge in [0.1, 0.15) is 5.01 Å². The summed E-state index contributed by atoms with van der Waals surface area (Å²) in [6.07, 6.45) is 3.77. The van der Waals surface area contributed by atoms with Crippen molar-refractivity contribution in [3.8, 4) is 33.5 Å². The van der Waals surface area contributed by atoms with Gasteiger partial charge in [-0.2, -0.15) is 0 Å². The van der Waals surface area contributed by atoms with Crippen LogP contribution in [-0.4, -0.2) is 29.1 Å². The van der Waals surface area contributed by atoms with E-state index in [1.54, 1.807) is 35.7 Å². The van der Waals surface area contributed by atoms with E-state index >= 15 is 0 Å². The highest BCUT2D eigenvalue weighted by Gasteiger charge is 2.13. The van der Waals surface area contributed by atoms with Crippen LogP contribution < -0.4 is 14.8 Å². The van der Waals surface area contributed by atoms with Crippen LogP contribution in [0.1, 0.15) is 37.0 Å². The fraction of sp³-hybridized carbons (Fsp3) is 0.222. The number of unbranched alkanes of at least 4 members (excludes halogenated alkanes) is 1. The van der Waals surface area contributed by atoms with E-state index in [9.17, 15) is 4.79 Å². The molecular weight excluding hydrogens is 446 g/mol. The number of pyridine rings is 1. The van der Waals surface area contributed by atoms with Crippen molar-refractivity contribution < 1.29 is 14.3 Å². The van der Waals surface area contributed by atoms with Gasteiger partial charge in [-0.15, -0.1) is 11.3 Å². The fourth-order valence-corrected chi connectivity index (χ4v) is 4.14. The third-order valence-corrected chi connectivity index (χ3v) is 5.93. The number of hydrogen-bond donors (Lipinski definition) is 1. The first-order chi connectivity index (χ1) is 16.7. The Morgan fingerprint density at radius 2 is 1.88 bits per heavy atom. The van der Waals surface area contributed by atoms with Gasteiger partial charge in [0.05, 0.1) is 24.6 Å². The Morgan fingerprint density at radius 3 is 2.68 bits per heavy atom. The van der Waals surface area contributed by atoms with Gasteiger partial charge >= 0.3 is 0 Å². The van der Waals surface area contributed by atoms with Crippen LogP contribution in [0.15, 0.2) is 72.2 Å². The lowest BCUT2D eigenvalue weighted by molar-refractivity contribution is 0.102. The van der Waals surface area contributed by atoms with Gasteiger partial charge in [-0.25, -0.2) is 4.98 Å². The molecular formula is C27H27N3O3S. The number of thiazole rings is 1. The lowest BCUT2D eigenvalue weighted by atomic mass is 10.1. The number of ether oxygens (including phenoxy) is 2. The monoisotopic (exact) mass is 473 g/mol. The van der Waals surface area contributed by atoms with Gasteiger partial charge in [0.2, 0.25) is 0 Å². The topological polar surface area (TPSA) is 73.3 Å². The standard InChI is InChI=1S/C27H27N3O3S/c1-3-5-15-33-24-13-12-20(17-25(24)32-4-2)26(31)29-21-10-8-9-19(16-21)23-18-34-27(30-23)22-11-6-7-14-28-22/h6-14,16-18H,3-5,15H2,1-2H3,(H,29,31). The molecule has 7 heteroatoms. The van der Waals surface area contributed by atoms with Crippen LogP contribution in [0.2, 0.25) is 0 Å². The SMILES string of the molecule is CCCCOc1ccc(C(=O)Nc2cccc(-c3csc(-c4ccccn4)n3)c2)cc1OCC. The van der Waals surface area contributed by atoms with Crippen LogP contribution in [0.3, 0.4) is 0 Å². The highest BCUT2D eigenvalue weighted by molar-refractivity contribution is 7.13. The number of anilines is 1. The zero-order valence-electron chi connectivity index (χ0n) is 19.3. The van der Waals surface area contributed by atoms with Crippen molar-refractivity contribution in [3.05, 3.63) is 77.8 Å². The normalized spacial score (nSPS) is 10.6. The van der Waals surface area contributed by atoms with E-state index in [1.165, 1.54) is 0 Å². The molecule has 1 N–H and O–H groups in total. The lowest BCUT2D eigenvalue weighted by Gasteiger charge is -2.13. The summed E-state index contributed by atoms with van der Waals surface area (Å²) in [4.78, 5) is 22.0. The van der Waals surface area contributed by atoms with Crippen molar-refractivity contribution >= 4 is 22.9 Å². The number of rotatable bonds is 10. The highest BCUT2D eigenvalue weighted by Crippen LogP contribution is 2.31. The van der Waals surface area contributed by atoms with Crippen molar-refractivity contribution in [2.45, 2.75) is 26.7 Å². The van der Waals surface area contributed by atoms with E-state index in [1.807, 2.05) is 54.8 Å². The second kappa shape index (κ2) is 11.4. The average molecular weight is 474 g/mol. The number of amides is 1. The zero-order valence-corrected chi connectivity index (χ0v) is 20.1. The molecule has 0 aliphatic rings. The molecule has 0 aliphatic carbocycles. The minimum Gasteiger partial charge on any atom is -0.490 e. The van der Waals surface area contributed by atoms with E-state index in [2.05, 4.69) is 17.2 Å². The summed E-state index contributed by atoms with van der Waals surface area (Å²) in [5, 5.41) is 5.83. The molecule has 0 aliphatic heterocycles. The Labute approximate surface area is 203 Å². The second-order valence-corrected chi connectivity index (χ2v) is 8.44. The Hall–Kier alpha value is -3.71. The van der Waals surface area contributed by atoms with Gasteiger partial charge in [0.25, 0.3) is 5.91 Å². The Balaban J connectivity index is 1.49. The molecule has 0 spiro atoms. The first-order valence-corrected chi connectivity index (χ1v) is 12.2. The molecule has 174 valence electrons. The second-order valence-electron chi connectivity index (χ2n) is 7.58. The molecule has 0 radical (unpaired) electrons. The molecule has 0 bridgehead atoms. The minimum absolute atomic E-state index is 0.217. The van der Waals surface area contributed by atoms with Gasteiger partial charge in [-0.05, 0) is 55.8 Å². The number of carbonyl (C=O) groups excluding carboxylic acids is 1. The Morgan fingerprint density at radius 1 is 0.971 bits per heavy atom. The molecule has 0 atom stereocenters. The zero-order chi connectivity index (χ0) is 23.8.